The lowest BCUT2D eigenvalue weighted by Gasteiger charge is -2.10. The first-order valence-electron chi connectivity index (χ1n) is 4.94. The summed E-state index contributed by atoms with van der Waals surface area (Å²) >= 11 is 6.05. The van der Waals surface area contributed by atoms with E-state index >= 15 is 0 Å². The molecule has 0 saturated heterocycles. The summed E-state index contributed by atoms with van der Waals surface area (Å²) in [6, 6.07) is 5.47. The highest BCUT2D eigenvalue weighted by Crippen LogP contribution is 2.34. The van der Waals surface area contributed by atoms with Gasteiger partial charge in [-0.05, 0) is 12.1 Å². The van der Waals surface area contributed by atoms with Gasteiger partial charge in [-0.1, -0.05) is 11.6 Å². The molecule has 1 aromatic carbocycles. The molecule has 0 radical (unpaired) electrons. The summed E-state index contributed by atoms with van der Waals surface area (Å²) < 4.78 is 10.4. The van der Waals surface area contributed by atoms with Crippen molar-refractivity contribution < 1.29 is 9.47 Å². The monoisotopic (exact) mass is 250 g/mol. The smallest absolute Gasteiger partial charge is 0.132 e. The van der Waals surface area contributed by atoms with E-state index in [1.54, 1.807) is 26.5 Å². The van der Waals surface area contributed by atoms with Crippen molar-refractivity contribution >= 4 is 11.6 Å². The van der Waals surface area contributed by atoms with Crippen LogP contribution < -0.4 is 9.47 Å². The molecule has 88 valence electrons. The topological polar surface area (TPSA) is 44.2 Å². The Labute approximate surface area is 104 Å². The van der Waals surface area contributed by atoms with Crippen LogP contribution in [0.25, 0.3) is 11.3 Å². The lowest BCUT2D eigenvalue weighted by molar-refractivity contribution is 0.395. The van der Waals surface area contributed by atoms with E-state index in [2.05, 4.69) is 9.97 Å². The number of halogens is 1. The third-order valence-corrected chi connectivity index (χ3v) is 2.61. The Bertz CT molecular complexity index is 532. The van der Waals surface area contributed by atoms with Crippen LogP contribution in [0.15, 0.2) is 30.7 Å². The third-order valence-electron chi connectivity index (χ3n) is 2.33. The number of nitrogens with zero attached hydrogens (tertiary/aromatic N) is 2. The van der Waals surface area contributed by atoms with Crippen LogP contribution in [0, 0.1) is 0 Å². The molecule has 1 aromatic heterocycles. The minimum Gasteiger partial charge on any atom is -0.497 e. The number of benzene rings is 1. The molecule has 0 aliphatic carbocycles. The van der Waals surface area contributed by atoms with E-state index < -0.39 is 0 Å². The molecule has 0 N–H and O–H groups in total. The van der Waals surface area contributed by atoms with Gasteiger partial charge in [0.1, 0.15) is 17.8 Å². The maximum Gasteiger partial charge on any atom is 0.132 e. The largest absolute Gasteiger partial charge is 0.497 e. The Balaban J connectivity index is 2.56. The highest BCUT2D eigenvalue weighted by atomic mass is 35.5. The summed E-state index contributed by atoms with van der Waals surface area (Å²) in [5.74, 6) is 1.38. The Morgan fingerprint density at radius 1 is 1.18 bits per heavy atom. The number of hydrogen-bond acceptors (Lipinski definition) is 4. The summed E-state index contributed by atoms with van der Waals surface area (Å²) in [6.07, 6.45) is 3.00. The van der Waals surface area contributed by atoms with E-state index in [-0.39, 0.29) is 0 Å². The van der Waals surface area contributed by atoms with Gasteiger partial charge in [0, 0.05) is 17.8 Å². The van der Waals surface area contributed by atoms with Crippen LogP contribution in [0.3, 0.4) is 0 Å². The molecule has 0 atom stereocenters. The molecule has 0 aliphatic rings. The normalized spacial score (nSPS) is 10.1. The maximum absolute atomic E-state index is 6.05. The van der Waals surface area contributed by atoms with Crippen molar-refractivity contribution in [3.63, 3.8) is 0 Å². The Morgan fingerprint density at radius 3 is 2.65 bits per heavy atom. The van der Waals surface area contributed by atoms with Gasteiger partial charge in [-0.25, -0.2) is 9.97 Å². The van der Waals surface area contributed by atoms with Crippen molar-refractivity contribution in [2.45, 2.75) is 0 Å². The van der Waals surface area contributed by atoms with E-state index in [0.717, 1.165) is 11.3 Å². The summed E-state index contributed by atoms with van der Waals surface area (Å²) in [5.41, 5.74) is 1.45. The van der Waals surface area contributed by atoms with Crippen molar-refractivity contribution in [2.75, 3.05) is 14.2 Å². The van der Waals surface area contributed by atoms with Crippen molar-refractivity contribution in [1.82, 2.24) is 9.97 Å². The van der Waals surface area contributed by atoms with E-state index in [1.807, 2.05) is 12.1 Å². The summed E-state index contributed by atoms with van der Waals surface area (Å²) in [6.45, 7) is 0. The second-order valence-electron chi connectivity index (χ2n) is 3.29. The number of aromatic nitrogens is 2. The highest BCUT2D eigenvalue weighted by molar-refractivity contribution is 6.32. The van der Waals surface area contributed by atoms with Gasteiger partial charge in [0.15, 0.2) is 0 Å². The predicted octanol–water partition coefficient (Wildman–Crippen LogP) is 2.81. The highest BCUT2D eigenvalue weighted by Gasteiger charge is 2.11. The molecule has 0 unspecified atom stereocenters. The predicted molar refractivity (Wildman–Crippen MR) is 65.6 cm³/mol. The zero-order chi connectivity index (χ0) is 12.3. The van der Waals surface area contributed by atoms with Gasteiger partial charge in [-0.2, -0.15) is 0 Å². The molecular weight excluding hydrogens is 240 g/mol. The minimum atomic E-state index is 0.482. The number of methoxy groups -OCH3 is 2. The first kappa shape index (κ1) is 11.7. The molecule has 0 fully saturated rings. The van der Waals surface area contributed by atoms with Crippen LogP contribution >= 0.6 is 11.6 Å². The molecule has 0 aliphatic heterocycles. The third kappa shape index (κ3) is 2.31. The molecule has 5 heteroatoms. The standard InChI is InChI=1S/C12H11ClN2O2/c1-16-8-3-4-9(11(5-8)17-2)12-10(13)6-14-7-15-12/h3-7H,1-2H3. The number of rotatable bonds is 3. The molecule has 2 aromatic rings. The minimum absolute atomic E-state index is 0.482. The molecule has 4 nitrogen and oxygen atoms in total. The van der Waals surface area contributed by atoms with Gasteiger partial charge < -0.3 is 9.47 Å². The van der Waals surface area contributed by atoms with E-state index in [1.165, 1.54) is 6.33 Å². The fraction of sp³-hybridized carbons (Fsp3) is 0.167. The average molecular weight is 251 g/mol. The summed E-state index contributed by atoms with van der Waals surface area (Å²) in [4.78, 5) is 8.00. The molecule has 0 saturated carbocycles. The molecule has 2 rings (SSSR count). The van der Waals surface area contributed by atoms with Crippen molar-refractivity contribution in [3.8, 4) is 22.8 Å². The molecule has 0 amide bonds. The van der Waals surface area contributed by atoms with Gasteiger partial charge >= 0.3 is 0 Å². The lowest BCUT2D eigenvalue weighted by atomic mass is 10.1. The van der Waals surface area contributed by atoms with Gasteiger partial charge in [0.05, 0.1) is 24.9 Å². The molecule has 0 bridgehead atoms. The van der Waals surface area contributed by atoms with Crippen molar-refractivity contribution in [1.29, 1.82) is 0 Å². The van der Waals surface area contributed by atoms with Gasteiger partial charge in [0.25, 0.3) is 0 Å². The molecule has 0 spiro atoms. The van der Waals surface area contributed by atoms with Gasteiger partial charge in [-0.3, -0.25) is 0 Å². The zero-order valence-electron chi connectivity index (χ0n) is 9.48. The zero-order valence-corrected chi connectivity index (χ0v) is 10.2. The molecular formula is C12H11ClN2O2. The van der Waals surface area contributed by atoms with Crippen LogP contribution in [0.5, 0.6) is 11.5 Å². The fourth-order valence-electron chi connectivity index (χ4n) is 1.50. The lowest BCUT2D eigenvalue weighted by Crippen LogP contribution is -1.93. The maximum atomic E-state index is 6.05. The number of hydrogen-bond donors (Lipinski definition) is 0. The van der Waals surface area contributed by atoms with Crippen molar-refractivity contribution in [3.05, 3.63) is 35.7 Å². The number of ether oxygens (including phenoxy) is 2. The van der Waals surface area contributed by atoms with E-state index in [9.17, 15) is 0 Å². The first-order valence-corrected chi connectivity index (χ1v) is 5.32. The van der Waals surface area contributed by atoms with E-state index in [4.69, 9.17) is 21.1 Å². The van der Waals surface area contributed by atoms with Gasteiger partial charge in [-0.15, -0.1) is 0 Å². The molecule has 1 heterocycles. The van der Waals surface area contributed by atoms with Crippen LogP contribution in [0.4, 0.5) is 0 Å². The van der Waals surface area contributed by atoms with Gasteiger partial charge in [0.2, 0.25) is 0 Å². The second-order valence-corrected chi connectivity index (χ2v) is 3.69. The first-order chi connectivity index (χ1) is 8.26. The second kappa shape index (κ2) is 5.01. The van der Waals surface area contributed by atoms with E-state index in [0.29, 0.717) is 16.5 Å². The summed E-state index contributed by atoms with van der Waals surface area (Å²) in [5, 5.41) is 0.482. The Hall–Kier alpha value is -1.81. The molecule has 17 heavy (non-hydrogen) atoms. The van der Waals surface area contributed by atoms with Crippen molar-refractivity contribution in [2.24, 2.45) is 0 Å². The Kier molecular flexibility index (Phi) is 3.44. The average Bonchev–Trinajstić information content (AvgIpc) is 2.38. The van der Waals surface area contributed by atoms with Crippen LogP contribution in [0.2, 0.25) is 5.02 Å². The van der Waals surface area contributed by atoms with Crippen LogP contribution in [-0.2, 0) is 0 Å². The van der Waals surface area contributed by atoms with Crippen LogP contribution in [-0.4, -0.2) is 24.2 Å². The Morgan fingerprint density at radius 2 is 2.00 bits per heavy atom. The summed E-state index contributed by atoms with van der Waals surface area (Å²) in [7, 11) is 3.19. The van der Waals surface area contributed by atoms with Crippen LogP contribution in [0.1, 0.15) is 0 Å². The quantitative estimate of drug-likeness (QED) is 0.840. The fourth-order valence-corrected chi connectivity index (χ4v) is 1.71. The SMILES string of the molecule is COc1ccc(-c2ncncc2Cl)c(OC)c1.